The van der Waals surface area contributed by atoms with Gasteiger partial charge in [-0.2, -0.15) is 0 Å². The van der Waals surface area contributed by atoms with Crippen LogP contribution < -0.4 is 4.74 Å². The van der Waals surface area contributed by atoms with Crippen molar-refractivity contribution < 1.29 is 9.47 Å². The van der Waals surface area contributed by atoms with Crippen LogP contribution >= 0.6 is 0 Å². The van der Waals surface area contributed by atoms with Gasteiger partial charge in [-0.1, -0.05) is 0 Å². The molecule has 4 heterocycles. The third-order valence-corrected chi connectivity index (χ3v) is 4.67. The van der Waals surface area contributed by atoms with Gasteiger partial charge in [0.05, 0.1) is 12.2 Å². The highest BCUT2D eigenvalue weighted by Crippen LogP contribution is 2.36. The molecule has 2 saturated heterocycles. The predicted molar refractivity (Wildman–Crippen MR) is 88.6 cm³/mol. The lowest BCUT2D eigenvalue weighted by molar-refractivity contribution is -0.188. The van der Waals surface area contributed by atoms with Gasteiger partial charge >= 0.3 is 6.01 Å². The summed E-state index contributed by atoms with van der Waals surface area (Å²) in [5, 5.41) is 0. The van der Waals surface area contributed by atoms with Crippen LogP contribution in [0.25, 0.3) is 0 Å². The Morgan fingerprint density at radius 1 is 1.25 bits per heavy atom. The first-order valence-corrected chi connectivity index (χ1v) is 8.42. The molecular weight excluding hydrogens is 304 g/mol. The van der Waals surface area contributed by atoms with Gasteiger partial charge in [-0.3, -0.25) is 9.88 Å². The summed E-state index contributed by atoms with van der Waals surface area (Å²) in [4.78, 5) is 15.0. The number of rotatable bonds is 4. The Kier molecular flexibility index (Phi) is 4.16. The molecule has 6 nitrogen and oxygen atoms in total. The van der Waals surface area contributed by atoms with E-state index in [9.17, 15) is 0 Å². The molecule has 2 fully saturated rings. The molecule has 126 valence electrons. The fourth-order valence-electron chi connectivity index (χ4n) is 3.56. The maximum atomic E-state index is 6.09. The van der Waals surface area contributed by atoms with Crippen molar-refractivity contribution in [3.63, 3.8) is 0 Å². The SMILES string of the molecule is Cc1ccnc(OC2CCOC3(C2)CN(Cc2ccncc2)C3)n1. The monoisotopic (exact) mass is 326 g/mol. The lowest BCUT2D eigenvalue weighted by Gasteiger charge is -2.53. The Bertz CT molecular complexity index is 688. The summed E-state index contributed by atoms with van der Waals surface area (Å²) in [6.45, 7) is 5.52. The highest BCUT2D eigenvalue weighted by molar-refractivity contribution is 5.12. The Labute approximate surface area is 141 Å². The minimum atomic E-state index is -0.0697. The van der Waals surface area contributed by atoms with Gasteiger partial charge < -0.3 is 9.47 Å². The molecule has 0 radical (unpaired) electrons. The van der Waals surface area contributed by atoms with Crippen LogP contribution in [-0.2, 0) is 11.3 Å². The molecule has 0 N–H and O–H groups in total. The molecule has 2 aromatic heterocycles. The first kappa shape index (κ1) is 15.5. The van der Waals surface area contributed by atoms with E-state index in [0.29, 0.717) is 6.01 Å². The maximum Gasteiger partial charge on any atom is 0.316 e. The van der Waals surface area contributed by atoms with Crippen LogP contribution in [0.1, 0.15) is 24.1 Å². The molecule has 0 bridgehead atoms. The quantitative estimate of drug-likeness (QED) is 0.856. The average Bonchev–Trinajstić information content (AvgIpc) is 2.55. The number of aryl methyl sites for hydroxylation is 1. The minimum Gasteiger partial charge on any atom is -0.460 e. The second-order valence-corrected chi connectivity index (χ2v) is 6.75. The van der Waals surface area contributed by atoms with Crippen molar-refractivity contribution in [2.75, 3.05) is 19.7 Å². The number of hydrogen-bond acceptors (Lipinski definition) is 6. The smallest absolute Gasteiger partial charge is 0.316 e. The highest BCUT2D eigenvalue weighted by Gasteiger charge is 2.48. The molecular formula is C18H22N4O2. The van der Waals surface area contributed by atoms with Crippen molar-refractivity contribution in [3.05, 3.63) is 48.0 Å². The predicted octanol–water partition coefficient (Wildman–Crippen LogP) is 1.99. The first-order valence-electron chi connectivity index (χ1n) is 8.42. The fourth-order valence-corrected chi connectivity index (χ4v) is 3.56. The standard InChI is InChI=1S/C18H22N4O2/c1-14-2-8-20-17(21-14)24-16-5-9-23-18(10-16)12-22(13-18)11-15-3-6-19-7-4-15/h2-4,6-8,16H,5,9-13H2,1H3. The fraction of sp³-hybridized carbons (Fsp3) is 0.500. The van der Waals surface area contributed by atoms with E-state index in [1.807, 2.05) is 25.4 Å². The summed E-state index contributed by atoms with van der Waals surface area (Å²) in [5.74, 6) is 0. The van der Waals surface area contributed by atoms with Gasteiger partial charge in [0, 0.05) is 56.8 Å². The van der Waals surface area contributed by atoms with Gasteiger partial charge in [0.2, 0.25) is 0 Å². The van der Waals surface area contributed by atoms with Crippen molar-refractivity contribution in [2.45, 2.75) is 38.0 Å². The van der Waals surface area contributed by atoms with Crippen molar-refractivity contribution in [1.82, 2.24) is 19.9 Å². The third-order valence-electron chi connectivity index (χ3n) is 4.67. The molecule has 24 heavy (non-hydrogen) atoms. The zero-order chi connectivity index (χ0) is 16.4. The molecule has 0 aliphatic carbocycles. The van der Waals surface area contributed by atoms with Gasteiger partial charge in [-0.05, 0) is 30.7 Å². The second kappa shape index (κ2) is 6.45. The van der Waals surface area contributed by atoms with Crippen LogP contribution in [0.5, 0.6) is 6.01 Å². The molecule has 0 saturated carbocycles. The number of hydrogen-bond donors (Lipinski definition) is 0. The summed E-state index contributed by atoms with van der Waals surface area (Å²) in [6, 6.07) is 6.48. The van der Waals surface area contributed by atoms with Gasteiger partial charge in [-0.25, -0.2) is 9.97 Å². The van der Waals surface area contributed by atoms with Gasteiger partial charge in [0.15, 0.2) is 0 Å². The van der Waals surface area contributed by atoms with E-state index in [1.165, 1.54) is 5.56 Å². The van der Waals surface area contributed by atoms with E-state index >= 15 is 0 Å². The Morgan fingerprint density at radius 3 is 2.88 bits per heavy atom. The normalized spacial score (nSPS) is 23.0. The van der Waals surface area contributed by atoms with Crippen molar-refractivity contribution in [1.29, 1.82) is 0 Å². The number of aromatic nitrogens is 3. The van der Waals surface area contributed by atoms with Crippen molar-refractivity contribution >= 4 is 0 Å². The summed E-state index contributed by atoms with van der Waals surface area (Å²) in [6.07, 6.45) is 7.35. The summed E-state index contributed by atoms with van der Waals surface area (Å²) >= 11 is 0. The lowest BCUT2D eigenvalue weighted by atomic mass is 9.84. The molecule has 1 atom stereocenters. The maximum absolute atomic E-state index is 6.09. The van der Waals surface area contributed by atoms with E-state index in [0.717, 1.165) is 44.8 Å². The molecule has 2 aliphatic heterocycles. The topological polar surface area (TPSA) is 60.4 Å². The Morgan fingerprint density at radius 2 is 2.08 bits per heavy atom. The van der Waals surface area contributed by atoms with E-state index in [2.05, 4.69) is 32.0 Å². The third kappa shape index (κ3) is 3.39. The van der Waals surface area contributed by atoms with Gasteiger partial charge in [0.1, 0.15) is 6.10 Å². The molecule has 0 aromatic carbocycles. The first-order chi connectivity index (χ1) is 11.7. The van der Waals surface area contributed by atoms with E-state index in [-0.39, 0.29) is 11.7 Å². The second-order valence-electron chi connectivity index (χ2n) is 6.75. The number of nitrogens with zero attached hydrogens (tertiary/aromatic N) is 4. The molecule has 4 rings (SSSR count). The number of pyridine rings is 1. The van der Waals surface area contributed by atoms with Crippen LogP contribution in [0.2, 0.25) is 0 Å². The zero-order valence-corrected chi connectivity index (χ0v) is 13.9. The van der Waals surface area contributed by atoms with E-state index < -0.39 is 0 Å². The van der Waals surface area contributed by atoms with Crippen LogP contribution in [-0.4, -0.2) is 51.3 Å². The summed E-state index contributed by atoms with van der Waals surface area (Å²) in [5.41, 5.74) is 2.14. The van der Waals surface area contributed by atoms with Gasteiger partial charge in [0.25, 0.3) is 0 Å². The van der Waals surface area contributed by atoms with Crippen molar-refractivity contribution in [2.24, 2.45) is 0 Å². The van der Waals surface area contributed by atoms with E-state index in [4.69, 9.17) is 9.47 Å². The molecule has 1 spiro atoms. The average molecular weight is 326 g/mol. The Balaban J connectivity index is 1.33. The van der Waals surface area contributed by atoms with Crippen LogP contribution in [0.3, 0.4) is 0 Å². The largest absolute Gasteiger partial charge is 0.460 e. The van der Waals surface area contributed by atoms with E-state index in [1.54, 1.807) is 6.20 Å². The molecule has 2 aliphatic rings. The number of likely N-dealkylation sites (tertiary alicyclic amines) is 1. The highest BCUT2D eigenvalue weighted by atomic mass is 16.5. The van der Waals surface area contributed by atoms with Crippen LogP contribution in [0.15, 0.2) is 36.8 Å². The molecule has 2 aromatic rings. The summed E-state index contributed by atoms with van der Waals surface area (Å²) in [7, 11) is 0. The molecule has 0 amide bonds. The molecule has 6 heteroatoms. The van der Waals surface area contributed by atoms with Gasteiger partial charge in [-0.15, -0.1) is 0 Å². The summed E-state index contributed by atoms with van der Waals surface area (Å²) < 4.78 is 12.1. The van der Waals surface area contributed by atoms with Crippen molar-refractivity contribution in [3.8, 4) is 6.01 Å². The van der Waals surface area contributed by atoms with Crippen LogP contribution in [0.4, 0.5) is 0 Å². The minimum absolute atomic E-state index is 0.0697. The Hall–Kier alpha value is -2.05. The lowest BCUT2D eigenvalue weighted by Crippen LogP contribution is -2.65. The van der Waals surface area contributed by atoms with Crippen LogP contribution in [0, 0.1) is 6.92 Å². The molecule has 1 unspecified atom stereocenters. The zero-order valence-electron chi connectivity index (χ0n) is 13.9. The number of ether oxygens (including phenoxy) is 2.